The molecule has 0 amide bonds. The molecule has 9 heteroatoms. The number of sulfonamides is 1. The van der Waals surface area contributed by atoms with E-state index in [2.05, 4.69) is 20.3 Å². The van der Waals surface area contributed by atoms with Crippen LogP contribution in [0.3, 0.4) is 0 Å². The van der Waals surface area contributed by atoms with E-state index in [-0.39, 0.29) is 41.2 Å². The molecule has 0 spiro atoms. The fourth-order valence-corrected chi connectivity index (χ4v) is 3.21. The Labute approximate surface area is 176 Å². The Kier molecular flexibility index (Phi) is 9.67. The lowest BCUT2D eigenvalue weighted by Gasteiger charge is -2.12. The molecule has 2 rings (SSSR count). The number of aryl methyl sites for hydroxylation is 1. The van der Waals surface area contributed by atoms with Crippen LogP contribution in [0.5, 0.6) is 0 Å². The molecular weight excluding hydrogens is 482 g/mol. The summed E-state index contributed by atoms with van der Waals surface area (Å²) in [5.74, 6) is 0.251. The van der Waals surface area contributed by atoms with Gasteiger partial charge in [0.15, 0.2) is 5.96 Å². The van der Waals surface area contributed by atoms with Crippen LogP contribution in [-0.4, -0.2) is 34.5 Å². The molecule has 0 saturated carbocycles. The van der Waals surface area contributed by atoms with Crippen LogP contribution in [-0.2, 0) is 16.6 Å². The van der Waals surface area contributed by atoms with Crippen molar-refractivity contribution in [3.63, 3.8) is 0 Å². The van der Waals surface area contributed by atoms with Crippen LogP contribution in [0, 0.1) is 12.7 Å². The van der Waals surface area contributed by atoms with Crippen molar-refractivity contribution in [2.75, 3.05) is 20.1 Å². The average molecular weight is 506 g/mol. The predicted molar refractivity (Wildman–Crippen MR) is 116 cm³/mol. The second-order valence-electron chi connectivity index (χ2n) is 5.69. The number of rotatable bonds is 7. The predicted octanol–water partition coefficient (Wildman–Crippen LogP) is 2.40. The third kappa shape index (κ3) is 7.81. The molecule has 0 fully saturated rings. The lowest BCUT2D eigenvalue weighted by atomic mass is 10.2. The molecule has 27 heavy (non-hydrogen) atoms. The summed E-state index contributed by atoms with van der Waals surface area (Å²) in [6, 6.07) is 12.8. The molecule has 0 bridgehead atoms. The van der Waals surface area contributed by atoms with Gasteiger partial charge in [0.25, 0.3) is 0 Å². The maximum atomic E-state index is 12.9. The molecule has 0 aliphatic heterocycles. The SMILES string of the molecule is CN=C(NCCNS(=O)(=O)c1ccc(C)cc1)NCc1ccc(F)cc1.I. The zero-order valence-corrected chi connectivity index (χ0v) is 18.3. The van der Waals surface area contributed by atoms with E-state index in [4.69, 9.17) is 0 Å². The van der Waals surface area contributed by atoms with E-state index in [1.165, 1.54) is 12.1 Å². The summed E-state index contributed by atoms with van der Waals surface area (Å²) in [7, 11) is -1.91. The van der Waals surface area contributed by atoms with Gasteiger partial charge in [0, 0.05) is 26.7 Å². The first kappa shape index (κ1) is 23.3. The summed E-state index contributed by atoms with van der Waals surface area (Å²) in [6.45, 7) is 2.97. The summed E-state index contributed by atoms with van der Waals surface area (Å²) >= 11 is 0. The van der Waals surface area contributed by atoms with Crippen LogP contribution >= 0.6 is 24.0 Å². The summed E-state index contributed by atoms with van der Waals surface area (Å²) < 4.78 is 39.8. The topological polar surface area (TPSA) is 82.6 Å². The average Bonchev–Trinajstić information content (AvgIpc) is 2.63. The van der Waals surface area contributed by atoms with Gasteiger partial charge in [-0.2, -0.15) is 0 Å². The van der Waals surface area contributed by atoms with Crippen LogP contribution < -0.4 is 15.4 Å². The fourth-order valence-electron chi connectivity index (χ4n) is 2.18. The van der Waals surface area contributed by atoms with Crippen molar-refractivity contribution in [3.05, 3.63) is 65.5 Å². The molecule has 2 aromatic carbocycles. The molecule has 0 aromatic heterocycles. The Morgan fingerprint density at radius 3 is 2.22 bits per heavy atom. The fraction of sp³-hybridized carbons (Fsp3) is 0.278. The largest absolute Gasteiger partial charge is 0.355 e. The second kappa shape index (κ2) is 11.2. The van der Waals surface area contributed by atoms with Crippen LogP contribution in [0.2, 0.25) is 0 Å². The van der Waals surface area contributed by atoms with Crippen molar-refractivity contribution in [1.82, 2.24) is 15.4 Å². The number of guanidine groups is 1. The van der Waals surface area contributed by atoms with Gasteiger partial charge in [-0.3, -0.25) is 4.99 Å². The molecule has 0 aliphatic rings. The molecule has 148 valence electrons. The number of benzene rings is 2. The zero-order chi connectivity index (χ0) is 19.0. The summed E-state index contributed by atoms with van der Waals surface area (Å²) in [6.07, 6.45) is 0. The Morgan fingerprint density at radius 2 is 1.63 bits per heavy atom. The molecule has 6 nitrogen and oxygen atoms in total. The van der Waals surface area contributed by atoms with Crippen LogP contribution in [0.15, 0.2) is 58.4 Å². The van der Waals surface area contributed by atoms with E-state index in [0.29, 0.717) is 19.0 Å². The van der Waals surface area contributed by atoms with Gasteiger partial charge in [0.2, 0.25) is 10.0 Å². The number of nitrogens with one attached hydrogen (secondary N) is 3. The van der Waals surface area contributed by atoms with Crippen molar-refractivity contribution in [1.29, 1.82) is 0 Å². The number of hydrogen-bond donors (Lipinski definition) is 3. The minimum Gasteiger partial charge on any atom is -0.355 e. The highest BCUT2D eigenvalue weighted by atomic mass is 127. The van der Waals surface area contributed by atoms with E-state index in [9.17, 15) is 12.8 Å². The zero-order valence-electron chi connectivity index (χ0n) is 15.2. The summed E-state index contributed by atoms with van der Waals surface area (Å²) in [4.78, 5) is 4.30. The van der Waals surface area contributed by atoms with Gasteiger partial charge in [-0.25, -0.2) is 17.5 Å². The Bertz CT molecular complexity index is 841. The van der Waals surface area contributed by atoms with E-state index in [1.54, 1.807) is 43.4 Å². The third-order valence-corrected chi connectivity index (χ3v) is 5.11. The van der Waals surface area contributed by atoms with Crippen LogP contribution in [0.25, 0.3) is 0 Å². The Morgan fingerprint density at radius 1 is 1.00 bits per heavy atom. The molecule has 3 N–H and O–H groups in total. The van der Waals surface area contributed by atoms with Gasteiger partial charge >= 0.3 is 0 Å². The summed E-state index contributed by atoms with van der Waals surface area (Å²) in [5, 5.41) is 6.10. The van der Waals surface area contributed by atoms with Gasteiger partial charge in [0.05, 0.1) is 4.90 Å². The van der Waals surface area contributed by atoms with Crippen LogP contribution in [0.4, 0.5) is 4.39 Å². The molecule has 0 radical (unpaired) electrons. The number of aliphatic imine (C=N–C) groups is 1. The molecule has 0 aliphatic carbocycles. The normalized spacial score (nSPS) is 11.6. The van der Waals surface area contributed by atoms with Gasteiger partial charge < -0.3 is 10.6 Å². The standard InChI is InChI=1S/C18H23FN4O2S.HI/c1-14-3-9-17(10-4-14)26(24,25)23-12-11-21-18(20-2)22-13-15-5-7-16(19)8-6-15;/h3-10,23H,11-13H2,1-2H3,(H2,20,21,22);1H. The van der Waals surface area contributed by atoms with Crippen molar-refractivity contribution < 1.29 is 12.8 Å². The van der Waals surface area contributed by atoms with Gasteiger partial charge in [-0.1, -0.05) is 29.8 Å². The minimum absolute atomic E-state index is 0. The second-order valence-corrected chi connectivity index (χ2v) is 7.46. The van der Waals surface area contributed by atoms with Gasteiger partial charge in [0.1, 0.15) is 5.82 Å². The maximum Gasteiger partial charge on any atom is 0.240 e. The monoisotopic (exact) mass is 506 g/mol. The smallest absolute Gasteiger partial charge is 0.240 e. The third-order valence-electron chi connectivity index (χ3n) is 3.64. The Balaban J connectivity index is 0.00000364. The first-order valence-electron chi connectivity index (χ1n) is 8.16. The maximum absolute atomic E-state index is 12.9. The van der Waals surface area contributed by atoms with E-state index in [0.717, 1.165) is 11.1 Å². The quantitative estimate of drug-likeness (QED) is 0.233. The van der Waals surface area contributed by atoms with Crippen LogP contribution in [0.1, 0.15) is 11.1 Å². The lowest BCUT2D eigenvalue weighted by Crippen LogP contribution is -2.41. The molecule has 2 aromatic rings. The van der Waals surface area contributed by atoms with Gasteiger partial charge in [-0.15, -0.1) is 24.0 Å². The molecule has 0 atom stereocenters. The first-order valence-corrected chi connectivity index (χ1v) is 9.64. The molecule has 0 saturated heterocycles. The highest BCUT2D eigenvalue weighted by Crippen LogP contribution is 2.09. The number of nitrogens with zero attached hydrogens (tertiary/aromatic N) is 1. The van der Waals surface area contributed by atoms with Crippen molar-refractivity contribution in [2.24, 2.45) is 4.99 Å². The van der Waals surface area contributed by atoms with Crippen molar-refractivity contribution in [2.45, 2.75) is 18.4 Å². The highest BCUT2D eigenvalue weighted by Gasteiger charge is 2.12. The molecule has 0 unspecified atom stereocenters. The summed E-state index contributed by atoms with van der Waals surface area (Å²) in [5.41, 5.74) is 1.91. The minimum atomic E-state index is -3.53. The molecular formula is C18H24FIN4O2S. The van der Waals surface area contributed by atoms with Crippen molar-refractivity contribution >= 4 is 40.0 Å². The lowest BCUT2D eigenvalue weighted by molar-refractivity contribution is 0.580. The highest BCUT2D eigenvalue weighted by molar-refractivity contribution is 14.0. The van der Waals surface area contributed by atoms with Gasteiger partial charge in [-0.05, 0) is 36.8 Å². The Hall–Kier alpha value is -1.72. The van der Waals surface area contributed by atoms with E-state index in [1.807, 2.05) is 6.92 Å². The van der Waals surface area contributed by atoms with E-state index >= 15 is 0 Å². The number of hydrogen-bond acceptors (Lipinski definition) is 3. The number of halogens is 2. The van der Waals surface area contributed by atoms with Crippen molar-refractivity contribution in [3.8, 4) is 0 Å². The molecule has 0 heterocycles. The van der Waals surface area contributed by atoms with E-state index < -0.39 is 10.0 Å². The first-order chi connectivity index (χ1) is 12.4.